The molecular weight excluding hydrogens is 439 g/mol. The van der Waals surface area contributed by atoms with Crippen LogP contribution >= 0.6 is 0 Å². The Balaban J connectivity index is 1.88. The summed E-state index contributed by atoms with van der Waals surface area (Å²) in [7, 11) is 0. The highest BCUT2D eigenvalue weighted by Crippen LogP contribution is 2.24. The average molecular weight is 471 g/mol. The number of nitrogens with zero attached hydrogens (tertiary/aromatic N) is 3. The van der Waals surface area contributed by atoms with Crippen molar-refractivity contribution in [2.24, 2.45) is 5.73 Å². The molecule has 0 fully saturated rings. The molecule has 1 aliphatic heterocycles. The second-order valence-corrected chi connectivity index (χ2v) is 8.52. The quantitative estimate of drug-likeness (QED) is 0.694. The van der Waals surface area contributed by atoms with Crippen molar-refractivity contribution in [3.63, 3.8) is 0 Å². The SMILES string of the molecule is CC(=O)N1CCCN(Cc2ccc(F)cc2)CCN(C(=O)C[C@H](N)C(=O)O)Cc2ccccc21. The molecule has 0 saturated carbocycles. The normalized spacial score (nSPS) is 16.3. The molecule has 3 N–H and O–H groups in total. The number of anilines is 1. The van der Waals surface area contributed by atoms with Crippen LogP contribution in [0.2, 0.25) is 0 Å². The second-order valence-electron chi connectivity index (χ2n) is 8.52. The minimum Gasteiger partial charge on any atom is -0.480 e. The maximum Gasteiger partial charge on any atom is 0.321 e. The molecule has 0 aliphatic carbocycles. The van der Waals surface area contributed by atoms with Crippen LogP contribution in [0.5, 0.6) is 0 Å². The van der Waals surface area contributed by atoms with E-state index in [1.54, 1.807) is 21.9 Å². The highest BCUT2D eigenvalue weighted by molar-refractivity contribution is 5.92. The van der Waals surface area contributed by atoms with Gasteiger partial charge in [0.1, 0.15) is 11.9 Å². The molecule has 34 heavy (non-hydrogen) atoms. The monoisotopic (exact) mass is 470 g/mol. The van der Waals surface area contributed by atoms with Crippen LogP contribution in [0.15, 0.2) is 48.5 Å². The molecule has 1 aliphatic rings. The Bertz CT molecular complexity index is 1010. The molecule has 1 heterocycles. The van der Waals surface area contributed by atoms with Crippen molar-refractivity contribution in [2.45, 2.75) is 38.9 Å². The van der Waals surface area contributed by atoms with Gasteiger partial charge < -0.3 is 20.6 Å². The molecule has 2 aromatic rings. The first-order chi connectivity index (χ1) is 16.2. The molecule has 182 valence electrons. The van der Waals surface area contributed by atoms with Gasteiger partial charge in [0, 0.05) is 51.9 Å². The molecular formula is C25H31FN4O4. The van der Waals surface area contributed by atoms with E-state index in [4.69, 9.17) is 10.8 Å². The van der Waals surface area contributed by atoms with Crippen LogP contribution in [0.3, 0.4) is 0 Å². The smallest absolute Gasteiger partial charge is 0.321 e. The van der Waals surface area contributed by atoms with Gasteiger partial charge in [-0.2, -0.15) is 0 Å². The van der Waals surface area contributed by atoms with Crippen LogP contribution < -0.4 is 10.6 Å². The zero-order valence-corrected chi connectivity index (χ0v) is 19.3. The summed E-state index contributed by atoms with van der Waals surface area (Å²) in [5.41, 5.74) is 8.12. The van der Waals surface area contributed by atoms with Crippen LogP contribution in [0.1, 0.15) is 30.9 Å². The van der Waals surface area contributed by atoms with Gasteiger partial charge in [0.25, 0.3) is 0 Å². The molecule has 0 bridgehead atoms. The van der Waals surface area contributed by atoms with Gasteiger partial charge in [-0.25, -0.2) is 4.39 Å². The van der Waals surface area contributed by atoms with Gasteiger partial charge in [-0.05, 0) is 35.7 Å². The summed E-state index contributed by atoms with van der Waals surface area (Å²) >= 11 is 0. The number of carbonyl (C=O) groups excluding carboxylic acids is 2. The van der Waals surface area contributed by atoms with E-state index in [0.29, 0.717) is 39.1 Å². The lowest BCUT2D eigenvalue weighted by atomic mass is 10.1. The second kappa shape index (κ2) is 11.7. The highest BCUT2D eigenvalue weighted by atomic mass is 19.1. The molecule has 2 amide bonds. The predicted molar refractivity (Wildman–Crippen MR) is 126 cm³/mol. The van der Waals surface area contributed by atoms with Crippen molar-refractivity contribution in [1.29, 1.82) is 0 Å². The lowest BCUT2D eigenvalue weighted by molar-refractivity contribution is -0.142. The van der Waals surface area contributed by atoms with Crippen molar-refractivity contribution >= 4 is 23.5 Å². The standard InChI is InChI=1S/C25H31FN4O4/c1-18(31)30-12-4-11-28(16-19-7-9-21(26)10-8-19)13-14-29(24(32)15-22(27)25(33)34)17-20-5-2-3-6-23(20)30/h2-3,5-10,22H,4,11-17,27H2,1H3,(H,33,34)/t22-/m0/s1. The molecule has 9 heteroatoms. The highest BCUT2D eigenvalue weighted by Gasteiger charge is 2.25. The Morgan fingerprint density at radius 3 is 2.41 bits per heavy atom. The van der Waals surface area contributed by atoms with Gasteiger partial charge in [0.15, 0.2) is 0 Å². The van der Waals surface area contributed by atoms with E-state index in [-0.39, 0.29) is 30.6 Å². The van der Waals surface area contributed by atoms with Crippen molar-refractivity contribution < 1.29 is 23.9 Å². The fraction of sp³-hybridized carbons (Fsp3) is 0.400. The number of carboxylic acids is 1. The minimum atomic E-state index is -1.29. The van der Waals surface area contributed by atoms with Crippen LogP contribution in [0.4, 0.5) is 10.1 Å². The zero-order chi connectivity index (χ0) is 24.7. The fourth-order valence-electron chi connectivity index (χ4n) is 4.09. The van der Waals surface area contributed by atoms with Crippen molar-refractivity contribution in [3.05, 3.63) is 65.5 Å². The molecule has 0 saturated heterocycles. The maximum absolute atomic E-state index is 13.3. The summed E-state index contributed by atoms with van der Waals surface area (Å²) < 4.78 is 13.3. The molecule has 1 atom stereocenters. The maximum atomic E-state index is 13.3. The van der Waals surface area contributed by atoms with E-state index in [9.17, 15) is 18.8 Å². The van der Waals surface area contributed by atoms with Crippen molar-refractivity contribution in [1.82, 2.24) is 9.80 Å². The lowest BCUT2D eigenvalue weighted by Gasteiger charge is -2.28. The number of amides is 2. The molecule has 2 aromatic carbocycles. The third-order valence-electron chi connectivity index (χ3n) is 5.95. The average Bonchev–Trinajstić information content (AvgIpc) is 2.83. The van der Waals surface area contributed by atoms with Gasteiger partial charge in [-0.15, -0.1) is 0 Å². The third kappa shape index (κ3) is 6.85. The summed E-state index contributed by atoms with van der Waals surface area (Å²) in [5.74, 6) is -1.99. The number of carboxylic acid groups (broad SMARTS) is 1. The number of hydrogen-bond donors (Lipinski definition) is 2. The summed E-state index contributed by atoms with van der Waals surface area (Å²) in [5, 5.41) is 9.15. The Labute approximate surface area is 198 Å². The number of fused-ring (bicyclic) bond motifs is 1. The van der Waals surface area contributed by atoms with Crippen molar-refractivity contribution in [3.8, 4) is 0 Å². The molecule has 0 aromatic heterocycles. The molecule has 3 rings (SSSR count). The topological polar surface area (TPSA) is 107 Å². The van der Waals surface area contributed by atoms with E-state index < -0.39 is 12.0 Å². The zero-order valence-electron chi connectivity index (χ0n) is 19.3. The molecule has 0 radical (unpaired) electrons. The summed E-state index contributed by atoms with van der Waals surface area (Å²) in [6.07, 6.45) is 0.402. The van der Waals surface area contributed by atoms with Gasteiger partial charge in [-0.3, -0.25) is 19.3 Å². The summed E-state index contributed by atoms with van der Waals surface area (Å²) in [6.45, 7) is 4.39. The number of rotatable bonds is 5. The first-order valence-electron chi connectivity index (χ1n) is 11.3. The Hall–Kier alpha value is -3.30. The third-order valence-corrected chi connectivity index (χ3v) is 5.95. The van der Waals surface area contributed by atoms with Crippen LogP contribution in [-0.2, 0) is 27.5 Å². The Morgan fingerprint density at radius 1 is 1.03 bits per heavy atom. The van der Waals surface area contributed by atoms with E-state index in [0.717, 1.165) is 16.8 Å². The lowest BCUT2D eigenvalue weighted by Crippen LogP contribution is -2.42. The van der Waals surface area contributed by atoms with Gasteiger partial charge in [0.05, 0.1) is 6.42 Å². The largest absolute Gasteiger partial charge is 0.480 e. The van der Waals surface area contributed by atoms with E-state index >= 15 is 0 Å². The van der Waals surface area contributed by atoms with Crippen LogP contribution in [0, 0.1) is 5.82 Å². The van der Waals surface area contributed by atoms with E-state index in [1.807, 2.05) is 24.3 Å². The number of nitrogens with two attached hydrogens (primary N) is 1. The number of halogens is 1. The Morgan fingerprint density at radius 2 is 1.74 bits per heavy atom. The van der Waals surface area contributed by atoms with E-state index in [1.165, 1.54) is 19.1 Å². The van der Waals surface area contributed by atoms with Crippen LogP contribution in [-0.4, -0.2) is 64.9 Å². The Kier molecular flexibility index (Phi) is 8.72. The van der Waals surface area contributed by atoms with Crippen LogP contribution in [0.25, 0.3) is 0 Å². The summed E-state index contributed by atoms with van der Waals surface area (Å²) in [6, 6.07) is 12.4. The first-order valence-corrected chi connectivity index (χ1v) is 11.3. The van der Waals surface area contributed by atoms with E-state index in [2.05, 4.69) is 4.90 Å². The van der Waals surface area contributed by atoms with Gasteiger partial charge in [0.2, 0.25) is 11.8 Å². The predicted octanol–water partition coefficient (Wildman–Crippen LogP) is 2.22. The van der Waals surface area contributed by atoms with Crippen molar-refractivity contribution in [2.75, 3.05) is 31.1 Å². The first kappa shape index (κ1) is 25.3. The number of hydrogen-bond acceptors (Lipinski definition) is 5. The number of benzene rings is 2. The number of para-hydroxylation sites is 1. The molecule has 0 spiro atoms. The fourth-order valence-corrected chi connectivity index (χ4v) is 4.09. The number of carbonyl (C=O) groups is 3. The minimum absolute atomic E-state index is 0.0949. The van der Waals surface area contributed by atoms with Gasteiger partial charge >= 0.3 is 5.97 Å². The number of aliphatic carboxylic acids is 1. The summed E-state index contributed by atoms with van der Waals surface area (Å²) in [4.78, 5) is 42.2. The van der Waals surface area contributed by atoms with Gasteiger partial charge in [-0.1, -0.05) is 30.3 Å². The molecule has 8 nitrogen and oxygen atoms in total. The molecule has 0 unspecified atom stereocenters.